The summed E-state index contributed by atoms with van der Waals surface area (Å²) in [6, 6.07) is 10.9. The lowest BCUT2D eigenvalue weighted by atomic mass is 10.1. The first-order chi connectivity index (χ1) is 14.7. The zero-order valence-electron chi connectivity index (χ0n) is 18.5. The summed E-state index contributed by atoms with van der Waals surface area (Å²) in [6.45, 7) is 5.36. The SMILES string of the molecule is CC[C@@H](C)NS(=O)(=O)c1ccc(OCC(=O)N[C@@H](C)c2ccc(OC)c(OC)c2)cc1. The summed E-state index contributed by atoms with van der Waals surface area (Å²) in [5.74, 6) is 1.28. The molecule has 2 rings (SSSR count). The number of nitrogens with one attached hydrogen (secondary N) is 2. The van der Waals surface area contributed by atoms with Crippen LogP contribution in [0, 0.1) is 0 Å². The molecular formula is C22H30N2O6S. The summed E-state index contributed by atoms with van der Waals surface area (Å²) in [7, 11) is -0.470. The van der Waals surface area contributed by atoms with Crippen LogP contribution in [0.4, 0.5) is 0 Å². The summed E-state index contributed by atoms with van der Waals surface area (Å²) >= 11 is 0. The van der Waals surface area contributed by atoms with Crippen LogP contribution in [0.1, 0.15) is 38.8 Å². The molecule has 2 N–H and O–H groups in total. The van der Waals surface area contributed by atoms with Crippen molar-refractivity contribution in [2.24, 2.45) is 0 Å². The Bertz CT molecular complexity index is 976. The third kappa shape index (κ3) is 6.86. The first-order valence-electron chi connectivity index (χ1n) is 9.96. The van der Waals surface area contributed by atoms with Crippen molar-refractivity contribution in [2.75, 3.05) is 20.8 Å². The molecule has 0 saturated heterocycles. The van der Waals surface area contributed by atoms with E-state index in [0.717, 1.165) is 5.56 Å². The fourth-order valence-electron chi connectivity index (χ4n) is 2.77. The van der Waals surface area contributed by atoms with Crippen LogP contribution in [0.3, 0.4) is 0 Å². The minimum Gasteiger partial charge on any atom is -0.493 e. The zero-order chi connectivity index (χ0) is 23.0. The van der Waals surface area contributed by atoms with Gasteiger partial charge in [-0.3, -0.25) is 4.79 Å². The highest BCUT2D eigenvalue weighted by molar-refractivity contribution is 7.89. The molecule has 2 aromatic rings. The van der Waals surface area contributed by atoms with Crippen LogP contribution in [0.5, 0.6) is 17.2 Å². The Labute approximate surface area is 184 Å². The molecule has 0 spiro atoms. The first kappa shape index (κ1) is 24.5. The first-order valence-corrected chi connectivity index (χ1v) is 11.4. The average molecular weight is 451 g/mol. The lowest BCUT2D eigenvalue weighted by molar-refractivity contribution is -0.123. The fraction of sp³-hybridized carbons (Fsp3) is 0.409. The largest absolute Gasteiger partial charge is 0.493 e. The summed E-state index contributed by atoms with van der Waals surface area (Å²) < 4.78 is 43.2. The molecule has 2 aromatic carbocycles. The van der Waals surface area contributed by atoms with Crippen LogP contribution in [0.25, 0.3) is 0 Å². The number of hydrogen-bond donors (Lipinski definition) is 2. The molecule has 0 aliphatic heterocycles. The molecule has 8 nitrogen and oxygen atoms in total. The van der Waals surface area contributed by atoms with Crippen LogP contribution >= 0.6 is 0 Å². The van der Waals surface area contributed by atoms with E-state index in [0.29, 0.717) is 23.7 Å². The van der Waals surface area contributed by atoms with E-state index in [9.17, 15) is 13.2 Å². The van der Waals surface area contributed by atoms with Gasteiger partial charge in [0.25, 0.3) is 5.91 Å². The Morgan fingerprint density at radius 3 is 2.23 bits per heavy atom. The molecule has 0 saturated carbocycles. The van der Waals surface area contributed by atoms with Crippen LogP contribution in [-0.2, 0) is 14.8 Å². The average Bonchev–Trinajstić information content (AvgIpc) is 2.76. The van der Waals surface area contributed by atoms with Crippen molar-refractivity contribution in [1.82, 2.24) is 10.0 Å². The minimum atomic E-state index is -3.58. The zero-order valence-corrected chi connectivity index (χ0v) is 19.3. The number of methoxy groups -OCH3 is 2. The van der Waals surface area contributed by atoms with Crippen molar-refractivity contribution < 1.29 is 27.4 Å². The van der Waals surface area contributed by atoms with Gasteiger partial charge in [-0.2, -0.15) is 0 Å². The number of hydrogen-bond acceptors (Lipinski definition) is 6. The molecule has 0 aromatic heterocycles. The second-order valence-corrected chi connectivity index (χ2v) is 8.81. The van der Waals surface area contributed by atoms with Gasteiger partial charge in [-0.15, -0.1) is 0 Å². The number of carbonyl (C=O) groups is 1. The van der Waals surface area contributed by atoms with Crippen molar-refractivity contribution in [3.05, 3.63) is 48.0 Å². The second kappa shape index (κ2) is 11.0. The van der Waals surface area contributed by atoms with E-state index in [1.54, 1.807) is 33.3 Å². The third-order valence-corrected chi connectivity index (χ3v) is 6.36. The molecule has 1 amide bonds. The van der Waals surface area contributed by atoms with Crippen molar-refractivity contribution in [3.63, 3.8) is 0 Å². The van der Waals surface area contributed by atoms with Crippen molar-refractivity contribution in [2.45, 2.75) is 44.2 Å². The molecule has 0 aliphatic carbocycles. The molecule has 0 heterocycles. The van der Waals surface area contributed by atoms with E-state index in [1.165, 1.54) is 24.3 Å². The van der Waals surface area contributed by atoms with Gasteiger partial charge in [0.2, 0.25) is 10.0 Å². The van der Waals surface area contributed by atoms with Crippen molar-refractivity contribution in [3.8, 4) is 17.2 Å². The Balaban J connectivity index is 1.92. The van der Waals surface area contributed by atoms with Crippen LogP contribution < -0.4 is 24.2 Å². The van der Waals surface area contributed by atoms with Gasteiger partial charge in [-0.1, -0.05) is 13.0 Å². The van der Waals surface area contributed by atoms with Crippen LogP contribution in [0.15, 0.2) is 47.4 Å². The Kier molecular flexibility index (Phi) is 8.70. The molecule has 31 heavy (non-hydrogen) atoms. The number of carbonyl (C=O) groups excluding carboxylic acids is 1. The molecule has 170 valence electrons. The highest BCUT2D eigenvalue weighted by Crippen LogP contribution is 2.29. The lowest BCUT2D eigenvalue weighted by Gasteiger charge is -2.17. The molecule has 0 fully saturated rings. The number of benzene rings is 2. The van der Waals surface area contributed by atoms with Gasteiger partial charge in [0, 0.05) is 6.04 Å². The summed E-state index contributed by atoms with van der Waals surface area (Å²) in [6.07, 6.45) is 0.692. The van der Waals surface area contributed by atoms with E-state index in [-0.39, 0.29) is 29.5 Å². The van der Waals surface area contributed by atoms with Gasteiger partial charge in [-0.25, -0.2) is 13.1 Å². The molecule has 0 radical (unpaired) electrons. The maximum Gasteiger partial charge on any atom is 0.258 e. The van der Waals surface area contributed by atoms with E-state index in [4.69, 9.17) is 14.2 Å². The lowest BCUT2D eigenvalue weighted by Crippen LogP contribution is -2.32. The fourth-order valence-corrected chi connectivity index (χ4v) is 4.10. The van der Waals surface area contributed by atoms with Gasteiger partial charge >= 0.3 is 0 Å². The van der Waals surface area contributed by atoms with Gasteiger partial charge in [0.05, 0.1) is 25.2 Å². The normalized spacial score (nSPS) is 13.2. The van der Waals surface area contributed by atoms with E-state index in [1.807, 2.05) is 19.9 Å². The van der Waals surface area contributed by atoms with E-state index in [2.05, 4.69) is 10.0 Å². The molecule has 0 aliphatic rings. The van der Waals surface area contributed by atoms with Gasteiger partial charge in [0.15, 0.2) is 18.1 Å². The quantitative estimate of drug-likeness (QED) is 0.546. The number of sulfonamides is 1. The highest BCUT2D eigenvalue weighted by Gasteiger charge is 2.17. The van der Waals surface area contributed by atoms with E-state index < -0.39 is 10.0 Å². The van der Waals surface area contributed by atoms with Gasteiger partial charge in [-0.05, 0) is 62.2 Å². The topological polar surface area (TPSA) is 103 Å². The molecule has 0 unspecified atom stereocenters. The third-order valence-electron chi connectivity index (χ3n) is 4.76. The predicted octanol–water partition coefficient (Wildman–Crippen LogP) is 3.04. The molecule has 0 bridgehead atoms. The molecular weight excluding hydrogens is 420 g/mol. The number of rotatable bonds is 11. The molecule has 2 atom stereocenters. The maximum absolute atomic E-state index is 12.3. The van der Waals surface area contributed by atoms with Gasteiger partial charge < -0.3 is 19.5 Å². The standard InChI is InChI=1S/C22H30N2O6S/c1-6-15(2)24-31(26,27)19-10-8-18(9-11-19)30-14-22(25)23-16(3)17-7-12-20(28-4)21(13-17)29-5/h7-13,15-16,24H,6,14H2,1-5H3,(H,23,25)/t15-,16+/m1/s1. The summed E-state index contributed by atoms with van der Waals surface area (Å²) in [5, 5.41) is 2.85. The molecule has 9 heteroatoms. The van der Waals surface area contributed by atoms with Crippen LogP contribution in [0.2, 0.25) is 0 Å². The second-order valence-electron chi connectivity index (χ2n) is 7.09. The van der Waals surface area contributed by atoms with Crippen molar-refractivity contribution >= 4 is 15.9 Å². The summed E-state index contributed by atoms with van der Waals surface area (Å²) in [5.41, 5.74) is 0.856. The smallest absolute Gasteiger partial charge is 0.258 e. The Hall–Kier alpha value is -2.78. The van der Waals surface area contributed by atoms with Crippen LogP contribution in [-0.4, -0.2) is 41.2 Å². The number of ether oxygens (including phenoxy) is 3. The summed E-state index contributed by atoms with van der Waals surface area (Å²) in [4.78, 5) is 12.4. The van der Waals surface area contributed by atoms with Gasteiger partial charge in [0.1, 0.15) is 5.75 Å². The minimum absolute atomic E-state index is 0.145. The monoisotopic (exact) mass is 450 g/mol. The maximum atomic E-state index is 12.3. The highest BCUT2D eigenvalue weighted by atomic mass is 32.2. The Morgan fingerprint density at radius 1 is 1.00 bits per heavy atom. The predicted molar refractivity (Wildman–Crippen MR) is 118 cm³/mol. The number of amides is 1. The van der Waals surface area contributed by atoms with E-state index >= 15 is 0 Å². The Morgan fingerprint density at radius 2 is 1.65 bits per heavy atom. The van der Waals surface area contributed by atoms with Crippen molar-refractivity contribution in [1.29, 1.82) is 0 Å².